The first-order valence-corrected chi connectivity index (χ1v) is 7.97. The Kier molecular flexibility index (Phi) is 5.50. The van der Waals surface area contributed by atoms with Crippen LogP contribution in [0.1, 0.15) is 37.4 Å². The van der Waals surface area contributed by atoms with E-state index in [0.717, 1.165) is 11.6 Å². The first kappa shape index (κ1) is 17.1. The van der Waals surface area contributed by atoms with Crippen LogP contribution in [0.15, 0.2) is 36.4 Å². The first-order chi connectivity index (χ1) is 10.9. The van der Waals surface area contributed by atoms with Gasteiger partial charge in [-0.1, -0.05) is 28.1 Å². The standard InChI is InChI=1S/C17H14BrFO4/c18-6-5-10-3-4-14(19)8-13(10)7-11-1-2-12(16(20)21)9-15(11)17(22)23/h1-4,8-9H,5-7H2,(H,20,21)(H,22,23). The van der Waals surface area contributed by atoms with Crippen LogP contribution >= 0.6 is 15.9 Å². The zero-order valence-electron chi connectivity index (χ0n) is 12.1. The van der Waals surface area contributed by atoms with Crippen LogP contribution in [0.4, 0.5) is 4.39 Å². The molecule has 23 heavy (non-hydrogen) atoms. The summed E-state index contributed by atoms with van der Waals surface area (Å²) < 4.78 is 13.5. The fourth-order valence-corrected chi connectivity index (χ4v) is 2.80. The van der Waals surface area contributed by atoms with E-state index >= 15 is 0 Å². The molecule has 2 aromatic rings. The second kappa shape index (κ2) is 7.37. The highest BCUT2D eigenvalue weighted by Gasteiger charge is 2.15. The summed E-state index contributed by atoms with van der Waals surface area (Å²) in [5.41, 5.74) is 1.88. The maximum absolute atomic E-state index is 13.5. The van der Waals surface area contributed by atoms with E-state index in [4.69, 9.17) is 5.11 Å². The monoisotopic (exact) mass is 380 g/mol. The molecule has 0 unspecified atom stereocenters. The van der Waals surface area contributed by atoms with Crippen molar-refractivity contribution in [2.24, 2.45) is 0 Å². The van der Waals surface area contributed by atoms with E-state index in [1.807, 2.05) is 0 Å². The molecule has 0 atom stereocenters. The lowest BCUT2D eigenvalue weighted by molar-refractivity contribution is 0.0695. The number of alkyl halides is 1. The lowest BCUT2D eigenvalue weighted by Gasteiger charge is -2.11. The summed E-state index contributed by atoms with van der Waals surface area (Å²) in [4.78, 5) is 22.4. The lowest BCUT2D eigenvalue weighted by Crippen LogP contribution is -2.08. The normalized spacial score (nSPS) is 10.5. The molecule has 0 aliphatic carbocycles. The number of hydrogen-bond acceptors (Lipinski definition) is 2. The summed E-state index contributed by atoms with van der Waals surface area (Å²) in [6.07, 6.45) is 0.910. The number of halogens is 2. The highest BCUT2D eigenvalue weighted by molar-refractivity contribution is 9.09. The van der Waals surface area contributed by atoms with Crippen LogP contribution in [-0.2, 0) is 12.8 Å². The van der Waals surface area contributed by atoms with Crippen molar-refractivity contribution < 1.29 is 24.2 Å². The van der Waals surface area contributed by atoms with Gasteiger partial charge >= 0.3 is 11.9 Å². The van der Waals surface area contributed by atoms with Gasteiger partial charge in [0, 0.05) is 5.33 Å². The van der Waals surface area contributed by atoms with Gasteiger partial charge in [0.05, 0.1) is 11.1 Å². The predicted octanol–water partition coefficient (Wildman–Crippen LogP) is 3.75. The van der Waals surface area contributed by atoms with Gasteiger partial charge in [-0.15, -0.1) is 0 Å². The molecule has 2 N–H and O–H groups in total. The number of carboxylic acid groups (broad SMARTS) is 2. The summed E-state index contributed by atoms with van der Waals surface area (Å²) in [7, 11) is 0. The van der Waals surface area contributed by atoms with E-state index < -0.39 is 17.8 Å². The molecule has 0 amide bonds. The fourth-order valence-electron chi connectivity index (χ4n) is 2.37. The van der Waals surface area contributed by atoms with E-state index in [9.17, 15) is 19.1 Å². The maximum Gasteiger partial charge on any atom is 0.336 e. The number of aryl methyl sites for hydroxylation is 1. The van der Waals surface area contributed by atoms with Crippen LogP contribution in [0.2, 0.25) is 0 Å². The molecular formula is C17H14BrFO4. The van der Waals surface area contributed by atoms with Crippen molar-refractivity contribution in [2.45, 2.75) is 12.8 Å². The third kappa shape index (κ3) is 4.16. The molecule has 0 saturated carbocycles. The number of aromatic carboxylic acids is 2. The Bertz CT molecular complexity index is 758. The van der Waals surface area contributed by atoms with Crippen LogP contribution in [0.3, 0.4) is 0 Å². The summed E-state index contributed by atoms with van der Waals surface area (Å²) >= 11 is 3.33. The van der Waals surface area contributed by atoms with E-state index in [2.05, 4.69) is 15.9 Å². The Hall–Kier alpha value is -2.21. The molecule has 0 aliphatic rings. The van der Waals surface area contributed by atoms with Gasteiger partial charge in [0.1, 0.15) is 5.82 Å². The lowest BCUT2D eigenvalue weighted by atomic mass is 9.94. The van der Waals surface area contributed by atoms with Crippen molar-refractivity contribution in [1.29, 1.82) is 0 Å². The Labute approximate surface area is 140 Å². The van der Waals surface area contributed by atoms with Gasteiger partial charge in [-0.2, -0.15) is 0 Å². The summed E-state index contributed by atoms with van der Waals surface area (Å²) in [6, 6.07) is 8.38. The zero-order chi connectivity index (χ0) is 17.0. The predicted molar refractivity (Wildman–Crippen MR) is 87.1 cm³/mol. The molecule has 0 bridgehead atoms. The molecule has 120 valence electrons. The number of rotatable bonds is 6. The molecule has 4 nitrogen and oxygen atoms in total. The second-order valence-corrected chi connectivity index (χ2v) is 5.80. The first-order valence-electron chi connectivity index (χ1n) is 6.85. The van der Waals surface area contributed by atoms with Crippen molar-refractivity contribution in [3.8, 4) is 0 Å². The maximum atomic E-state index is 13.5. The van der Waals surface area contributed by atoms with Crippen molar-refractivity contribution in [1.82, 2.24) is 0 Å². The van der Waals surface area contributed by atoms with Crippen LogP contribution in [0, 0.1) is 5.82 Å². The smallest absolute Gasteiger partial charge is 0.336 e. The zero-order valence-corrected chi connectivity index (χ0v) is 13.6. The van der Waals surface area contributed by atoms with Crippen molar-refractivity contribution in [2.75, 3.05) is 5.33 Å². The number of hydrogen-bond donors (Lipinski definition) is 2. The van der Waals surface area contributed by atoms with Crippen LogP contribution < -0.4 is 0 Å². The number of carbonyl (C=O) groups is 2. The van der Waals surface area contributed by atoms with Crippen molar-refractivity contribution in [3.63, 3.8) is 0 Å². The van der Waals surface area contributed by atoms with Gasteiger partial charge in [-0.3, -0.25) is 0 Å². The molecule has 0 aliphatic heterocycles. The largest absolute Gasteiger partial charge is 0.478 e. The molecule has 6 heteroatoms. The van der Waals surface area contributed by atoms with Gasteiger partial charge in [0.15, 0.2) is 0 Å². The third-order valence-corrected chi connectivity index (χ3v) is 3.90. The third-order valence-electron chi connectivity index (χ3n) is 3.50. The van der Waals surface area contributed by atoms with Gasteiger partial charge in [0.2, 0.25) is 0 Å². The average Bonchev–Trinajstić information content (AvgIpc) is 2.50. The summed E-state index contributed by atoms with van der Waals surface area (Å²) in [6.45, 7) is 0. The topological polar surface area (TPSA) is 74.6 Å². The Balaban J connectivity index is 2.46. The van der Waals surface area contributed by atoms with Gasteiger partial charge < -0.3 is 10.2 Å². The highest BCUT2D eigenvalue weighted by Crippen LogP contribution is 2.21. The molecule has 0 aromatic heterocycles. The van der Waals surface area contributed by atoms with Gasteiger partial charge in [-0.05, 0) is 53.8 Å². The van der Waals surface area contributed by atoms with Gasteiger partial charge in [0.25, 0.3) is 0 Å². The van der Waals surface area contributed by atoms with E-state index in [1.165, 1.54) is 24.3 Å². The van der Waals surface area contributed by atoms with Crippen LogP contribution in [-0.4, -0.2) is 27.5 Å². The van der Waals surface area contributed by atoms with Crippen molar-refractivity contribution in [3.05, 3.63) is 70.0 Å². The minimum atomic E-state index is -1.21. The molecule has 0 heterocycles. The molecule has 0 fully saturated rings. The average molecular weight is 381 g/mol. The van der Waals surface area contributed by atoms with Crippen LogP contribution in [0.25, 0.3) is 0 Å². The SMILES string of the molecule is O=C(O)c1ccc(Cc2cc(F)ccc2CCBr)c(C(=O)O)c1. The summed E-state index contributed by atoms with van der Waals surface area (Å²) in [5, 5.41) is 19.0. The summed E-state index contributed by atoms with van der Waals surface area (Å²) in [5.74, 6) is -2.79. The Morgan fingerprint density at radius 1 is 0.957 bits per heavy atom. The number of carboxylic acids is 2. The Morgan fingerprint density at radius 3 is 2.26 bits per heavy atom. The van der Waals surface area contributed by atoms with Gasteiger partial charge in [-0.25, -0.2) is 14.0 Å². The molecule has 0 spiro atoms. The second-order valence-electron chi connectivity index (χ2n) is 5.01. The molecule has 0 saturated heterocycles. The molecule has 0 radical (unpaired) electrons. The van der Waals surface area contributed by atoms with E-state index in [0.29, 0.717) is 22.9 Å². The highest BCUT2D eigenvalue weighted by atomic mass is 79.9. The van der Waals surface area contributed by atoms with Crippen molar-refractivity contribution >= 4 is 27.9 Å². The minimum Gasteiger partial charge on any atom is -0.478 e. The fraction of sp³-hybridized carbons (Fsp3) is 0.176. The number of benzene rings is 2. The molecule has 2 aromatic carbocycles. The van der Waals surface area contributed by atoms with E-state index in [-0.39, 0.29) is 17.5 Å². The quantitative estimate of drug-likeness (QED) is 0.748. The minimum absolute atomic E-state index is 0.0843. The van der Waals surface area contributed by atoms with E-state index in [1.54, 1.807) is 6.07 Å². The molecule has 2 rings (SSSR count). The van der Waals surface area contributed by atoms with Crippen LogP contribution in [0.5, 0.6) is 0 Å². The molecular weight excluding hydrogens is 367 g/mol. The Morgan fingerprint density at radius 2 is 1.65 bits per heavy atom.